The summed E-state index contributed by atoms with van der Waals surface area (Å²) in [6.07, 6.45) is 1.53. The van der Waals surface area contributed by atoms with Gasteiger partial charge in [0.2, 0.25) is 0 Å². The van der Waals surface area contributed by atoms with E-state index in [4.69, 9.17) is 5.73 Å². The van der Waals surface area contributed by atoms with Crippen LogP contribution in [0.1, 0.15) is 0 Å². The topological polar surface area (TPSA) is 70.9 Å². The maximum atomic E-state index is 13.5. The molecule has 0 saturated carbocycles. The number of hydrogen-bond acceptors (Lipinski definition) is 3. The average molecular weight is 257 g/mol. The van der Waals surface area contributed by atoms with Crippen molar-refractivity contribution in [2.75, 3.05) is 18.1 Å². The highest BCUT2D eigenvalue weighted by atomic mass is 19.1. The van der Waals surface area contributed by atoms with E-state index in [1.54, 1.807) is 19.2 Å². The fourth-order valence-corrected chi connectivity index (χ4v) is 2.46. The molecule has 96 valence electrons. The van der Waals surface area contributed by atoms with Gasteiger partial charge in [-0.1, -0.05) is 0 Å². The number of aromatic amines is 1. The molecule has 0 spiro atoms. The molecule has 1 aromatic heterocycles. The van der Waals surface area contributed by atoms with E-state index in [1.807, 2.05) is 0 Å². The third-order valence-corrected chi connectivity index (χ3v) is 3.29. The summed E-state index contributed by atoms with van der Waals surface area (Å²) in [5, 5.41) is 5.32. The van der Waals surface area contributed by atoms with Crippen LogP contribution >= 0.6 is 0 Å². The van der Waals surface area contributed by atoms with E-state index >= 15 is 0 Å². The van der Waals surface area contributed by atoms with Crippen molar-refractivity contribution in [2.45, 2.75) is 0 Å². The van der Waals surface area contributed by atoms with Crippen LogP contribution in [0.5, 0.6) is 0 Å². The van der Waals surface area contributed by atoms with Crippen molar-refractivity contribution in [1.82, 2.24) is 4.98 Å². The second-order valence-electron chi connectivity index (χ2n) is 4.32. The minimum Gasteiger partial charge on any atom is -0.397 e. The van der Waals surface area contributed by atoms with Gasteiger partial charge in [0, 0.05) is 29.4 Å². The number of aromatic nitrogens is 1. The lowest BCUT2D eigenvalue weighted by atomic mass is 9.99. The smallest absolute Gasteiger partial charge is 0.256 e. The van der Waals surface area contributed by atoms with Gasteiger partial charge >= 0.3 is 0 Å². The van der Waals surface area contributed by atoms with Gasteiger partial charge in [0.15, 0.2) is 0 Å². The van der Waals surface area contributed by atoms with Crippen molar-refractivity contribution >= 4 is 32.9 Å². The van der Waals surface area contributed by atoms with E-state index in [9.17, 15) is 9.18 Å². The number of H-pyrrole nitrogens is 1. The molecule has 19 heavy (non-hydrogen) atoms. The van der Waals surface area contributed by atoms with Crippen LogP contribution in [-0.4, -0.2) is 12.0 Å². The zero-order valence-electron chi connectivity index (χ0n) is 10.3. The number of anilines is 2. The molecule has 0 atom stereocenters. The highest BCUT2D eigenvalue weighted by Gasteiger charge is 2.13. The van der Waals surface area contributed by atoms with Crippen molar-refractivity contribution < 1.29 is 4.39 Å². The molecular formula is C14H12FN3O. The maximum Gasteiger partial charge on any atom is 0.256 e. The number of pyridine rings is 1. The molecule has 1 heterocycles. The molecule has 0 aliphatic heterocycles. The summed E-state index contributed by atoms with van der Waals surface area (Å²) in [5.74, 6) is -0.385. The molecule has 2 aromatic carbocycles. The number of nitrogens with two attached hydrogens (primary N) is 1. The van der Waals surface area contributed by atoms with E-state index < -0.39 is 0 Å². The first-order valence-electron chi connectivity index (χ1n) is 5.83. The first-order valence-corrected chi connectivity index (χ1v) is 5.83. The number of nitrogens with one attached hydrogen (secondary N) is 2. The highest BCUT2D eigenvalue weighted by molar-refractivity contribution is 6.19. The molecule has 0 unspecified atom stereocenters. The largest absolute Gasteiger partial charge is 0.397 e. The minimum absolute atomic E-state index is 0.276. The van der Waals surface area contributed by atoms with Crippen LogP contribution in [-0.2, 0) is 0 Å². The third kappa shape index (κ3) is 1.55. The first kappa shape index (κ1) is 11.5. The molecule has 0 saturated heterocycles. The van der Waals surface area contributed by atoms with Gasteiger partial charge in [-0.3, -0.25) is 4.79 Å². The summed E-state index contributed by atoms with van der Waals surface area (Å²) in [7, 11) is 1.74. The van der Waals surface area contributed by atoms with Crippen LogP contribution in [0, 0.1) is 5.82 Å². The molecule has 4 nitrogen and oxygen atoms in total. The number of hydrogen-bond donors (Lipinski definition) is 3. The van der Waals surface area contributed by atoms with Gasteiger partial charge < -0.3 is 16.0 Å². The second-order valence-corrected chi connectivity index (χ2v) is 4.32. The van der Waals surface area contributed by atoms with Crippen LogP contribution in [0.15, 0.2) is 35.3 Å². The summed E-state index contributed by atoms with van der Waals surface area (Å²) >= 11 is 0. The predicted molar refractivity (Wildman–Crippen MR) is 76.0 cm³/mol. The Kier molecular flexibility index (Phi) is 2.41. The van der Waals surface area contributed by atoms with E-state index in [0.717, 1.165) is 5.39 Å². The Hall–Kier alpha value is -2.56. The fraction of sp³-hybridized carbons (Fsp3) is 0.0714. The van der Waals surface area contributed by atoms with Gasteiger partial charge in [0.1, 0.15) is 5.82 Å². The number of fused-ring (bicyclic) bond motifs is 3. The van der Waals surface area contributed by atoms with E-state index in [-0.39, 0.29) is 11.4 Å². The summed E-state index contributed by atoms with van der Waals surface area (Å²) in [4.78, 5) is 14.6. The molecule has 0 fully saturated rings. The lowest BCUT2D eigenvalue weighted by molar-refractivity contribution is 0.630. The SMILES string of the molecule is CNc1c(N)c2cc[nH]c(=O)c2c2cc(F)ccc12. The minimum atomic E-state index is -0.385. The number of nitrogen functional groups attached to an aromatic ring is 1. The Morgan fingerprint density at radius 2 is 2.00 bits per heavy atom. The third-order valence-electron chi connectivity index (χ3n) is 3.29. The highest BCUT2D eigenvalue weighted by Crippen LogP contribution is 2.36. The van der Waals surface area contributed by atoms with E-state index in [0.29, 0.717) is 27.5 Å². The van der Waals surface area contributed by atoms with Crippen molar-refractivity contribution in [1.29, 1.82) is 0 Å². The molecule has 0 bridgehead atoms. The zero-order chi connectivity index (χ0) is 13.6. The van der Waals surface area contributed by atoms with Gasteiger partial charge in [-0.05, 0) is 24.3 Å². The van der Waals surface area contributed by atoms with Gasteiger partial charge in [-0.25, -0.2) is 4.39 Å². The maximum absolute atomic E-state index is 13.5. The molecule has 0 amide bonds. The van der Waals surface area contributed by atoms with Crippen LogP contribution < -0.4 is 16.6 Å². The monoisotopic (exact) mass is 257 g/mol. The van der Waals surface area contributed by atoms with E-state index in [1.165, 1.54) is 18.3 Å². The summed E-state index contributed by atoms with van der Waals surface area (Å²) < 4.78 is 13.5. The molecular weight excluding hydrogens is 245 g/mol. The quantitative estimate of drug-likeness (QED) is 0.356. The van der Waals surface area contributed by atoms with Crippen LogP contribution in [0.3, 0.4) is 0 Å². The number of benzene rings is 2. The van der Waals surface area contributed by atoms with Crippen LogP contribution in [0.25, 0.3) is 21.5 Å². The van der Waals surface area contributed by atoms with Gasteiger partial charge in [-0.15, -0.1) is 0 Å². The Morgan fingerprint density at radius 3 is 2.74 bits per heavy atom. The zero-order valence-corrected chi connectivity index (χ0v) is 10.3. The lowest BCUT2D eigenvalue weighted by Gasteiger charge is -2.13. The molecule has 3 rings (SSSR count). The Balaban J connectivity index is 2.71. The number of halogens is 1. The standard InChI is InChI=1S/C14H12FN3O/c1-17-13-8-3-2-7(15)6-10(8)11-9(12(13)16)4-5-18-14(11)19/h2-6,17H,16H2,1H3,(H,18,19). The Morgan fingerprint density at radius 1 is 1.21 bits per heavy atom. The second kappa shape index (κ2) is 3.98. The number of rotatable bonds is 1. The van der Waals surface area contributed by atoms with E-state index in [2.05, 4.69) is 10.3 Å². The molecule has 4 N–H and O–H groups in total. The molecule has 0 aliphatic rings. The summed E-state index contributed by atoms with van der Waals surface area (Å²) in [6, 6.07) is 6.05. The molecule has 5 heteroatoms. The van der Waals surface area contributed by atoms with Gasteiger partial charge in [0.05, 0.1) is 16.8 Å². The Labute approximate surface area is 108 Å². The van der Waals surface area contributed by atoms with Gasteiger partial charge in [0.25, 0.3) is 5.56 Å². The lowest BCUT2D eigenvalue weighted by Crippen LogP contribution is -2.08. The molecule has 3 aromatic rings. The van der Waals surface area contributed by atoms with Crippen LogP contribution in [0.4, 0.5) is 15.8 Å². The van der Waals surface area contributed by atoms with Crippen LogP contribution in [0.2, 0.25) is 0 Å². The van der Waals surface area contributed by atoms with Crippen molar-refractivity contribution in [3.05, 3.63) is 46.6 Å². The summed E-state index contributed by atoms with van der Waals surface area (Å²) in [5.41, 5.74) is 7.01. The summed E-state index contributed by atoms with van der Waals surface area (Å²) in [6.45, 7) is 0. The van der Waals surface area contributed by atoms with Crippen molar-refractivity contribution in [3.63, 3.8) is 0 Å². The molecule has 0 radical (unpaired) electrons. The first-order chi connectivity index (χ1) is 9.13. The Bertz CT molecular complexity index is 855. The predicted octanol–water partition coefficient (Wildman–Crippen LogP) is 2.44. The van der Waals surface area contributed by atoms with Crippen molar-refractivity contribution in [3.8, 4) is 0 Å². The fourth-order valence-electron chi connectivity index (χ4n) is 2.46. The normalized spacial score (nSPS) is 11.1. The van der Waals surface area contributed by atoms with Gasteiger partial charge in [-0.2, -0.15) is 0 Å². The molecule has 0 aliphatic carbocycles. The average Bonchev–Trinajstić information content (AvgIpc) is 2.40. The van der Waals surface area contributed by atoms with Crippen molar-refractivity contribution in [2.24, 2.45) is 0 Å².